The number of nitrogens with two attached hydrogens (primary N) is 1. The number of hydrogen-bond donors (Lipinski definition) is 5. The summed E-state index contributed by atoms with van der Waals surface area (Å²) in [5.41, 5.74) is 9.71. The Bertz CT molecular complexity index is 2260. The fraction of sp³-hybridized carbons (Fsp3) is 0.381. The minimum Gasteiger partial charge on any atom is -0.450 e. The molecule has 1 fully saturated rings. The van der Waals surface area contributed by atoms with Gasteiger partial charge in [-0.15, -0.1) is 12.4 Å². The number of ether oxygens (including phenoxy) is 3. The van der Waals surface area contributed by atoms with E-state index in [1.165, 1.54) is 21.5 Å². The number of ketones is 1. The molecule has 330 valence electrons. The van der Waals surface area contributed by atoms with E-state index in [2.05, 4.69) is 75.3 Å². The highest BCUT2D eigenvalue weighted by molar-refractivity contribution is 9.11. The van der Waals surface area contributed by atoms with E-state index in [-0.39, 0.29) is 43.0 Å². The number of H-pyrrole nitrogens is 2. The number of piperidine rings is 1. The average Bonchev–Trinajstić information content (AvgIpc) is 3.80. The van der Waals surface area contributed by atoms with E-state index < -0.39 is 6.10 Å². The number of benzene rings is 3. The Labute approximate surface area is 385 Å². The molecule has 0 radical (unpaired) electrons. The monoisotopic (exact) mass is 1050 g/mol. The van der Waals surface area contributed by atoms with Crippen LogP contribution in [0.25, 0.3) is 21.8 Å². The molecule has 5 aromatic rings. The second-order valence-electron chi connectivity index (χ2n) is 13.8. The highest BCUT2D eigenvalue weighted by atomic mass is 79.9. The molecule has 2 aromatic heterocycles. The van der Waals surface area contributed by atoms with Gasteiger partial charge in [0.1, 0.15) is 11.9 Å². The molecule has 1 unspecified atom stereocenters. The predicted molar refractivity (Wildman–Crippen MR) is 248 cm³/mol. The number of carbonyl (C=O) groups excluding carboxylic acids is 4. The Balaban J connectivity index is 0.000000186. The van der Waals surface area contributed by atoms with Gasteiger partial charge in [0, 0.05) is 96.6 Å². The lowest BCUT2D eigenvalue weighted by Gasteiger charge is -2.29. The van der Waals surface area contributed by atoms with Crippen LogP contribution in [-0.4, -0.2) is 99.8 Å². The molecule has 3 aliphatic rings. The van der Waals surface area contributed by atoms with Gasteiger partial charge in [-0.25, -0.2) is 14.4 Å². The minimum absolute atomic E-state index is 0. The van der Waals surface area contributed by atoms with Gasteiger partial charge in [0.05, 0.1) is 45.1 Å². The molecule has 3 aliphatic heterocycles. The zero-order valence-electron chi connectivity index (χ0n) is 34.1. The first-order valence-corrected chi connectivity index (χ1v) is 22.0. The van der Waals surface area contributed by atoms with Gasteiger partial charge in [0.2, 0.25) is 0 Å². The van der Waals surface area contributed by atoms with Crippen molar-refractivity contribution in [2.75, 3.05) is 51.4 Å². The van der Waals surface area contributed by atoms with Crippen LogP contribution in [0.1, 0.15) is 62.2 Å². The van der Waals surface area contributed by atoms with Crippen molar-refractivity contribution in [3.05, 3.63) is 96.6 Å². The van der Waals surface area contributed by atoms with Gasteiger partial charge < -0.3 is 49.4 Å². The van der Waals surface area contributed by atoms with Gasteiger partial charge in [-0.05, 0) is 81.4 Å². The van der Waals surface area contributed by atoms with Crippen LogP contribution < -0.4 is 11.3 Å². The van der Waals surface area contributed by atoms with Crippen LogP contribution in [0.5, 0.6) is 0 Å². The van der Waals surface area contributed by atoms with Crippen molar-refractivity contribution in [3.8, 4) is 0 Å². The minimum atomic E-state index is -0.714. The van der Waals surface area contributed by atoms with E-state index in [0.29, 0.717) is 65.4 Å². The van der Waals surface area contributed by atoms with E-state index in [1.54, 1.807) is 23.6 Å². The smallest absolute Gasteiger partial charge is 0.410 e. The molecule has 1 saturated heterocycles. The number of β-amino-alcohol motifs (C(OH)–C–C–N with tert-alkyl or cyclic N) is 1. The van der Waals surface area contributed by atoms with Crippen molar-refractivity contribution >= 4 is 112 Å². The predicted octanol–water partition coefficient (Wildman–Crippen LogP) is 9.35. The fourth-order valence-electron chi connectivity index (χ4n) is 6.86. The van der Waals surface area contributed by atoms with Crippen LogP contribution in [-0.2, 0) is 38.5 Å². The summed E-state index contributed by atoms with van der Waals surface area (Å²) in [4.78, 5) is 57.1. The third-order valence-electron chi connectivity index (χ3n) is 9.82. The number of nitrogen functional groups attached to an aromatic ring is 1. The number of rotatable bonds is 4. The maximum Gasteiger partial charge on any atom is 0.410 e. The SMILES string of the molecule is CCOC(=O)N1CCC(=O)CC1.CCOC(=O)N1CCc2[nH]c3ccc(Br)cc3c2C1.CCOC(=O)N1Cc2c([nH]c3ccc(Br)cc23)C(O)C1.Cl.NNc1ccc(Br)cc1. The van der Waals surface area contributed by atoms with Crippen molar-refractivity contribution < 1.29 is 38.5 Å². The number of likely N-dealkylation sites (tertiary alicyclic amines) is 1. The number of Topliss-reactive ketones (excluding diaryl/α,β-unsaturated/α-hetero) is 1. The zero-order valence-corrected chi connectivity index (χ0v) is 39.7. The number of fused-ring (bicyclic) bond motifs is 6. The number of carbonyl (C=O) groups is 4. The summed E-state index contributed by atoms with van der Waals surface area (Å²) in [6.45, 7) is 9.56. The van der Waals surface area contributed by atoms with E-state index >= 15 is 0 Å². The van der Waals surface area contributed by atoms with Crippen LogP contribution in [0, 0.1) is 0 Å². The summed E-state index contributed by atoms with van der Waals surface area (Å²) in [5, 5.41) is 12.4. The molecule has 3 aromatic carbocycles. The molecular weight excluding hydrogens is 1010 g/mol. The second kappa shape index (κ2) is 23.8. The van der Waals surface area contributed by atoms with Crippen molar-refractivity contribution in [1.29, 1.82) is 0 Å². The number of amides is 3. The first kappa shape index (κ1) is 49.3. The maximum atomic E-state index is 11.9. The molecule has 0 aliphatic carbocycles. The standard InChI is InChI=1S/C14H15BrN2O3.C14H15BrN2O2.C8H13NO3.C6H7BrN2.ClH/c1-2-20-14(19)17-6-10-9-5-8(15)3-4-11(9)16-13(10)12(18)7-17;1-2-19-14(18)17-6-5-13-11(8-17)10-7-9(15)3-4-12(10)16-13;1-2-12-8(11)9-5-3-7(10)4-6-9;7-5-1-3-6(9-8)4-2-5;/h3-5,12,16,18H,2,6-7H2,1H3;3-4,7,16H,2,5-6,8H2,1H3;2-6H2,1H3;1-4,9H,8H2;1H. The lowest BCUT2D eigenvalue weighted by atomic mass is 10.0. The molecule has 3 amide bonds. The molecule has 5 heterocycles. The molecule has 0 bridgehead atoms. The lowest BCUT2D eigenvalue weighted by Crippen LogP contribution is -2.38. The number of aromatic nitrogens is 2. The lowest BCUT2D eigenvalue weighted by molar-refractivity contribution is -0.121. The Morgan fingerprint density at radius 3 is 1.74 bits per heavy atom. The molecule has 6 N–H and O–H groups in total. The maximum absolute atomic E-state index is 11.9. The molecule has 61 heavy (non-hydrogen) atoms. The van der Waals surface area contributed by atoms with Crippen LogP contribution >= 0.6 is 60.2 Å². The van der Waals surface area contributed by atoms with Crippen LogP contribution in [0.15, 0.2) is 74.1 Å². The summed E-state index contributed by atoms with van der Waals surface area (Å²) in [7, 11) is 0. The van der Waals surface area contributed by atoms with E-state index in [0.717, 1.165) is 53.2 Å². The number of hydrogen-bond acceptors (Lipinski definition) is 10. The quantitative estimate of drug-likeness (QED) is 0.0658. The van der Waals surface area contributed by atoms with Gasteiger partial charge in [-0.3, -0.25) is 10.6 Å². The van der Waals surface area contributed by atoms with Crippen molar-refractivity contribution in [2.45, 2.75) is 59.2 Å². The molecule has 15 nitrogen and oxygen atoms in total. The average molecular weight is 1060 g/mol. The Kier molecular flexibility index (Phi) is 19.2. The molecule has 0 spiro atoms. The fourth-order valence-corrected chi connectivity index (χ4v) is 7.85. The zero-order chi connectivity index (χ0) is 43.3. The molecule has 19 heteroatoms. The van der Waals surface area contributed by atoms with E-state index in [4.69, 9.17) is 20.1 Å². The van der Waals surface area contributed by atoms with Crippen LogP contribution in [0.4, 0.5) is 20.1 Å². The second-order valence-corrected chi connectivity index (χ2v) is 16.6. The van der Waals surface area contributed by atoms with Gasteiger partial charge >= 0.3 is 18.3 Å². The van der Waals surface area contributed by atoms with E-state index in [9.17, 15) is 24.3 Å². The first-order valence-electron chi connectivity index (χ1n) is 19.6. The van der Waals surface area contributed by atoms with Crippen LogP contribution in [0.2, 0.25) is 0 Å². The van der Waals surface area contributed by atoms with Crippen molar-refractivity contribution in [1.82, 2.24) is 24.7 Å². The highest BCUT2D eigenvalue weighted by Gasteiger charge is 2.31. The highest BCUT2D eigenvalue weighted by Crippen LogP contribution is 2.34. The van der Waals surface area contributed by atoms with Gasteiger partial charge in [-0.1, -0.05) is 47.8 Å². The topological polar surface area (TPSA) is 196 Å². The number of hydrazine groups is 1. The third kappa shape index (κ3) is 13.3. The Morgan fingerprint density at radius 2 is 1.18 bits per heavy atom. The molecule has 0 saturated carbocycles. The summed E-state index contributed by atoms with van der Waals surface area (Å²) in [6, 6.07) is 19.7. The van der Waals surface area contributed by atoms with Crippen LogP contribution in [0.3, 0.4) is 0 Å². The number of nitrogens with one attached hydrogen (secondary N) is 3. The van der Waals surface area contributed by atoms with Gasteiger partial charge in [0.25, 0.3) is 0 Å². The first-order chi connectivity index (χ1) is 28.8. The Morgan fingerprint density at radius 1 is 0.705 bits per heavy atom. The van der Waals surface area contributed by atoms with Gasteiger partial charge in [-0.2, -0.15) is 0 Å². The number of halogens is 4. The molecule has 1 atom stereocenters. The van der Waals surface area contributed by atoms with Gasteiger partial charge in [0.15, 0.2) is 0 Å². The summed E-state index contributed by atoms with van der Waals surface area (Å²) in [6.07, 6.45) is 0.163. The Hall–Kier alpha value is -4.33. The number of aliphatic hydroxyl groups excluding tert-OH is 1. The normalized spacial score (nSPS) is 15.3. The molecular formula is C42H51Br3ClN7O8. The van der Waals surface area contributed by atoms with E-state index in [1.807, 2.05) is 55.5 Å². The number of nitrogens with zero attached hydrogens (tertiary/aromatic N) is 3. The summed E-state index contributed by atoms with van der Waals surface area (Å²) < 4.78 is 18.0. The third-order valence-corrected chi connectivity index (χ3v) is 11.3. The summed E-state index contributed by atoms with van der Waals surface area (Å²) in [5.74, 6) is 5.37. The number of aromatic amines is 2. The largest absolute Gasteiger partial charge is 0.450 e. The molecule has 8 rings (SSSR count). The van der Waals surface area contributed by atoms with Crippen molar-refractivity contribution in [2.24, 2.45) is 5.84 Å². The number of anilines is 1. The number of aliphatic hydroxyl groups is 1. The van der Waals surface area contributed by atoms with Crippen molar-refractivity contribution in [3.63, 3.8) is 0 Å². The summed E-state index contributed by atoms with van der Waals surface area (Å²) >= 11 is 10.2.